The topological polar surface area (TPSA) is 72.0 Å². The number of anilines is 1. The van der Waals surface area contributed by atoms with Gasteiger partial charge in [-0.15, -0.1) is 0 Å². The molecule has 1 rings (SSSR count). The number of sulfonamides is 1. The summed E-state index contributed by atoms with van der Waals surface area (Å²) < 4.78 is 24.0. The van der Waals surface area contributed by atoms with Crippen molar-refractivity contribution < 1.29 is 8.42 Å². The van der Waals surface area contributed by atoms with Crippen molar-refractivity contribution in [3.63, 3.8) is 0 Å². The number of halogens is 2. The van der Waals surface area contributed by atoms with Gasteiger partial charge in [-0.1, -0.05) is 27.5 Å². The second-order valence-electron chi connectivity index (χ2n) is 2.05. The molecule has 0 radical (unpaired) electrons. The highest BCUT2D eigenvalue weighted by atomic mass is 79.9. The Balaban J connectivity index is 2.87. The smallest absolute Gasteiger partial charge is 0.243 e. The van der Waals surface area contributed by atoms with Crippen molar-refractivity contribution in [1.29, 1.82) is 0 Å². The van der Waals surface area contributed by atoms with E-state index in [0.29, 0.717) is 0 Å². The minimum atomic E-state index is -3.37. The van der Waals surface area contributed by atoms with E-state index in [-0.39, 0.29) is 15.6 Å². The van der Waals surface area contributed by atoms with Crippen LogP contribution < -0.4 is 4.72 Å². The number of nitrogens with one attached hydrogen (secondary N) is 1. The van der Waals surface area contributed by atoms with Crippen molar-refractivity contribution in [3.05, 3.63) is 17.5 Å². The summed E-state index contributed by atoms with van der Waals surface area (Å²) >= 11 is 8.34. The van der Waals surface area contributed by atoms with E-state index in [1.54, 1.807) is 0 Å². The van der Waals surface area contributed by atoms with Gasteiger partial charge in [0.2, 0.25) is 10.0 Å². The number of aromatic nitrogens is 2. The van der Waals surface area contributed by atoms with E-state index in [0.717, 1.165) is 0 Å². The molecule has 0 bridgehead atoms. The zero-order chi connectivity index (χ0) is 9.90. The van der Waals surface area contributed by atoms with E-state index in [9.17, 15) is 8.42 Å². The minimum absolute atomic E-state index is 0.152. The molecule has 0 aliphatic carbocycles. The maximum absolute atomic E-state index is 11.0. The first-order valence-electron chi connectivity index (χ1n) is 3.07. The van der Waals surface area contributed by atoms with Crippen LogP contribution >= 0.6 is 27.5 Å². The lowest BCUT2D eigenvalue weighted by atomic mass is 10.6. The molecule has 5 nitrogen and oxygen atoms in total. The van der Waals surface area contributed by atoms with Crippen LogP contribution in [0.4, 0.5) is 5.82 Å². The fraction of sp³-hybridized carbons (Fsp3) is 0.200. The van der Waals surface area contributed by atoms with Crippen LogP contribution in [0.3, 0.4) is 0 Å². The maximum atomic E-state index is 11.0. The van der Waals surface area contributed by atoms with E-state index in [4.69, 9.17) is 11.6 Å². The molecule has 1 aromatic rings. The molecular weight excluding hydrogens is 281 g/mol. The van der Waals surface area contributed by atoms with Crippen LogP contribution in [-0.4, -0.2) is 23.0 Å². The first kappa shape index (κ1) is 10.7. The fourth-order valence-electron chi connectivity index (χ4n) is 0.576. The molecule has 0 aliphatic heterocycles. The van der Waals surface area contributed by atoms with Gasteiger partial charge in [-0.25, -0.2) is 18.4 Å². The van der Waals surface area contributed by atoms with Gasteiger partial charge in [0.1, 0.15) is 22.0 Å². The Labute approximate surface area is 88.7 Å². The first-order valence-corrected chi connectivity index (χ1v) is 6.23. The average Bonchev–Trinajstić information content (AvgIpc) is 2.03. The molecular formula is C5H5BrClN3O2S. The summed E-state index contributed by atoms with van der Waals surface area (Å²) in [6.45, 7) is 0. The Morgan fingerprint density at radius 2 is 2.23 bits per heavy atom. The molecule has 0 saturated carbocycles. The average molecular weight is 287 g/mol. The van der Waals surface area contributed by atoms with Crippen molar-refractivity contribution in [3.8, 4) is 0 Å². The van der Waals surface area contributed by atoms with Crippen molar-refractivity contribution in [1.82, 2.24) is 9.97 Å². The molecule has 1 aromatic heterocycles. The summed E-state index contributed by atoms with van der Waals surface area (Å²) in [5.74, 6) is 0.152. The van der Waals surface area contributed by atoms with Crippen molar-refractivity contribution in [2.24, 2.45) is 0 Å². The standard InChI is InChI=1S/C5H5BrClN3O2S/c6-2-13(11,12)10-5-1-4(7)8-3-9-5/h1,3H,2H2,(H,8,9,10). The Bertz CT molecular complexity index is 397. The van der Waals surface area contributed by atoms with Gasteiger partial charge in [0.25, 0.3) is 0 Å². The predicted octanol–water partition coefficient (Wildman–Crippen LogP) is 1.22. The van der Waals surface area contributed by atoms with Gasteiger partial charge in [0.15, 0.2) is 0 Å². The number of hydrogen-bond donors (Lipinski definition) is 1. The van der Waals surface area contributed by atoms with Crippen molar-refractivity contribution >= 4 is 43.4 Å². The zero-order valence-corrected chi connectivity index (χ0v) is 9.40. The third-order valence-corrected chi connectivity index (χ3v) is 3.86. The largest absolute Gasteiger partial charge is 0.266 e. The van der Waals surface area contributed by atoms with Crippen molar-refractivity contribution in [2.75, 3.05) is 9.38 Å². The van der Waals surface area contributed by atoms with Crippen LogP contribution in [0.5, 0.6) is 0 Å². The normalized spacial score (nSPS) is 11.2. The van der Waals surface area contributed by atoms with Crippen LogP contribution in [-0.2, 0) is 10.0 Å². The molecule has 0 fully saturated rings. The Hall–Kier alpha value is -0.400. The van der Waals surface area contributed by atoms with E-state index in [1.165, 1.54) is 12.4 Å². The molecule has 0 unspecified atom stereocenters. The van der Waals surface area contributed by atoms with Crippen LogP contribution in [0.25, 0.3) is 0 Å². The summed E-state index contributed by atoms with van der Waals surface area (Å²) in [5, 5.41) is 0.183. The Morgan fingerprint density at radius 1 is 1.54 bits per heavy atom. The summed E-state index contributed by atoms with van der Waals surface area (Å²) in [5.41, 5.74) is 0. The summed E-state index contributed by atoms with van der Waals surface area (Å²) in [6, 6.07) is 1.32. The lowest BCUT2D eigenvalue weighted by Crippen LogP contribution is -2.14. The first-order chi connectivity index (χ1) is 6.03. The molecule has 0 aliphatic rings. The highest BCUT2D eigenvalue weighted by Crippen LogP contribution is 2.10. The van der Waals surface area contributed by atoms with Crippen LogP contribution in [0.1, 0.15) is 0 Å². The van der Waals surface area contributed by atoms with Gasteiger partial charge in [-0.3, -0.25) is 4.72 Å². The quantitative estimate of drug-likeness (QED) is 0.670. The molecule has 0 saturated heterocycles. The minimum Gasteiger partial charge on any atom is -0.266 e. The van der Waals surface area contributed by atoms with Gasteiger partial charge in [0.05, 0.1) is 0 Å². The third kappa shape index (κ3) is 3.45. The number of rotatable bonds is 3. The molecule has 0 aromatic carbocycles. The highest BCUT2D eigenvalue weighted by molar-refractivity contribution is 9.10. The number of nitrogens with zero attached hydrogens (tertiary/aromatic N) is 2. The second kappa shape index (κ2) is 4.21. The van der Waals surface area contributed by atoms with E-state index in [1.807, 2.05) is 0 Å². The van der Waals surface area contributed by atoms with Gasteiger partial charge in [-0.05, 0) is 0 Å². The molecule has 1 heterocycles. The molecule has 72 valence electrons. The molecule has 8 heteroatoms. The molecule has 0 spiro atoms. The van der Waals surface area contributed by atoms with Crippen molar-refractivity contribution in [2.45, 2.75) is 0 Å². The van der Waals surface area contributed by atoms with Gasteiger partial charge < -0.3 is 0 Å². The monoisotopic (exact) mass is 285 g/mol. The van der Waals surface area contributed by atoms with E-state index < -0.39 is 10.0 Å². The predicted molar refractivity (Wildman–Crippen MR) is 53.4 cm³/mol. The summed E-state index contributed by atoms with van der Waals surface area (Å²) in [6.07, 6.45) is 1.18. The van der Waals surface area contributed by atoms with E-state index in [2.05, 4.69) is 30.6 Å². The zero-order valence-electron chi connectivity index (χ0n) is 6.24. The van der Waals surface area contributed by atoms with Gasteiger partial charge in [-0.2, -0.15) is 0 Å². The fourth-order valence-corrected chi connectivity index (χ4v) is 1.55. The molecule has 1 N–H and O–H groups in total. The SMILES string of the molecule is O=S(=O)(CBr)Nc1cc(Cl)ncn1. The van der Waals surface area contributed by atoms with Gasteiger partial charge >= 0.3 is 0 Å². The summed E-state index contributed by atoms with van der Waals surface area (Å²) in [4.78, 5) is 7.27. The maximum Gasteiger partial charge on any atom is 0.243 e. The molecule has 0 atom stereocenters. The van der Waals surface area contributed by atoms with E-state index >= 15 is 0 Å². The number of alkyl halides is 1. The molecule has 0 amide bonds. The Kier molecular flexibility index (Phi) is 3.46. The lowest BCUT2D eigenvalue weighted by Gasteiger charge is -2.02. The van der Waals surface area contributed by atoms with Gasteiger partial charge in [0, 0.05) is 6.07 Å². The third-order valence-electron chi connectivity index (χ3n) is 1.04. The van der Waals surface area contributed by atoms with Crippen LogP contribution in [0, 0.1) is 0 Å². The Morgan fingerprint density at radius 3 is 2.77 bits per heavy atom. The second-order valence-corrected chi connectivity index (χ2v) is 5.46. The van der Waals surface area contributed by atoms with Crippen LogP contribution in [0.15, 0.2) is 12.4 Å². The summed E-state index contributed by atoms with van der Waals surface area (Å²) in [7, 11) is -3.37. The van der Waals surface area contributed by atoms with Crippen LogP contribution in [0.2, 0.25) is 5.15 Å². The number of hydrogen-bond acceptors (Lipinski definition) is 4. The molecule has 13 heavy (non-hydrogen) atoms. The lowest BCUT2D eigenvalue weighted by molar-refractivity contribution is 0.606. The highest BCUT2D eigenvalue weighted by Gasteiger charge is 2.08.